The van der Waals surface area contributed by atoms with E-state index in [2.05, 4.69) is 5.32 Å². The molecule has 0 unspecified atom stereocenters. The number of anilines is 1. The number of rotatable bonds is 5. The molecule has 0 fully saturated rings. The Bertz CT molecular complexity index is 797. The molecule has 0 radical (unpaired) electrons. The molecule has 132 valence electrons. The number of amides is 1. The molecule has 25 heavy (non-hydrogen) atoms. The zero-order valence-electron chi connectivity index (χ0n) is 14.4. The van der Waals surface area contributed by atoms with E-state index < -0.39 is 0 Å². The number of hydrogen-bond acceptors (Lipinski definition) is 5. The van der Waals surface area contributed by atoms with Crippen LogP contribution in [-0.2, 0) is 17.6 Å². The van der Waals surface area contributed by atoms with Gasteiger partial charge in [-0.3, -0.25) is 4.79 Å². The molecule has 0 spiro atoms. The maximum atomic E-state index is 12.7. The summed E-state index contributed by atoms with van der Waals surface area (Å²) in [5.41, 5.74) is 1.99. The molecule has 1 heterocycles. The SMILES string of the molecule is CCOC(=O)c1c(NC(=O)c2ccccc2OC)sc2c1CCCC2. The number of para-hydroxylation sites is 1. The van der Waals surface area contributed by atoms with Gasteiger partial charge < -0.3 is 14.8 Å². The van der Waals surface area contributed by atoms with E-state index in [-0.39, 0.29) is 11.9 Å². The molecular weight excluding hydrogens is 338 g/mol. The number of fused-ring (bicyclic) bond motifs is 1. The van der Waals surface area contributed by atoms with Gasteiger partial charge in [0.2, 0.25) is 0 Å². The summed E-state index contributed by atoms with van der Waals surface area (Å²) in [4.78, 5) is 26.3. The first-order chi connectivity index (χ1) is 12.2. The van der Waals surface area contributed by atoms with Crippen LogP contribution in [0.15, 0.2) is 24.3 Å². The quantitative estimate of drug-likeness (QED) is 0.818. The molecule has 5 nitrogen and oxygen atoms in total. The maximum absolute atomic E-state index is 12.7. The molecule has 1 aromatic carbocycles. The van der Waals surface area contributed by atoms with Gasteiger partial charge in [-0.15, -0.1) is 11.3 Å². The summed E-state index contributed by atoms with van der Waals surface area (Å²) in [5, 5.41) is 3.47. The van der Waals surface area contributed by atoms with E-state index in [0.717, 1.165) is 31.2 Å². The van der Waals surface area contributed by atoms with Crippen LogP contribution in [0.3, 0.4) is 0 Å². The van der Waals surface area contributed by atoms with Gasteiger partial charge in [-0.1, -0.05) is 12.1 Å². The van der Waals surface area contributed by atoms with Crippen LogP contribution in [0.25, 0.3) is 0 Å². The summed E-state index contributed by atoms with van der Waals surface area (Å²) in [6, 6.07) is 7.03. The Morgan fingerprint density at radius 2 is 1.96 bits per heavy atom. The Hall–Kier alpha value is -2.34. The smallest absolute Gasteiger partial charge is 0.341 e. The van der Waals surface area contributed by atoms with E-state index in [0.29, 0.717) is 28.5 Å². The van der Waals surface area contributed by atoms with Crippen molar-refractivity contribution in [3.63, 3.8) is 0 Å². The molecule has 1 aliphatic carbocycles. The third-order valence-electron chi connectivity index (χ3n) is 4.23. The van der Waals surface area contributed by atoms with Gasteiger partial charge in [-0.2, -0.15) is 0 Å². The summed E-state index contributed by atoms with van der Waals surface area (Å²) in [6.07, 6.45) is 3.95. The van der Waals surface area contributed by atoms with Gasteiger partial charge in [-0.25, -0.2) is 4.79 Å². The van der Waals surface area contributed by atoms with Gasteiger partial charge >= 0.3 is 5.97 Å². The Balaban J connectivity index is 1.95. The minimum atomic E-state index is -0.364. The normalized spacial score (nSPS) is 13.0. The van der Waals surface area contributed by atoms with E-state index in [1.54, 1.807) is 25.1 Å². The number of benzene rings is 1. The number of carbonyl (C=O) groups excluding carboxylic acids is 2. The Morgan fingerprint density at radius 3 is 2.72 bits per heavy atom. The van der Waals surface area contributed by atoms with Crippen molar-refractivity contribution in [3.8, 4) is 5.75 Å². The summed E-state index contributed by atoms with van der Waals surface area (Å²) >= 11 is 1.48. The van der Waals surface area contributed by atoms with E-state index >= 15 is 0 Å². The van der Waals surface area contributed by atoms with Gasteiger partial charge in [0, 0.05) is 4.88 Å². The molecule has 3 rings (SSSR count). The van der Waals surface area contributed by atoms with Crippen molar-refractivity contribution >= 4 is 28.2 Å². The second kappa shape index (κ2) is 7.70. The molecule has 0 saturated heterocycles. The van der Waals surface area contributed by atoms with Crippen LogP contribution in [-0.4, -0.2) is 25.6 Å². The summed E-state index contributed by atoms with van der Waals surface area (Å²) in [5.74, 6) is -0.155. The van der Waals surface area contributed by atoms with Crippen molar-refractivity contribution in [1.29, 1.82) is 0 Å². The average Bonchev–Trinajstić information content (AvgIpc) is 2.99. The largest absolute Gasteiger partial charge is 0.496 e. The number of esters is 1. The van der Waals surface area contributed by atoms with Crippen LogP contribution in [0.2, 0.25) is 0 Å². The lowest BCUT2D eigenvalue weighted by molar-refractivity contribution is 0.0526. The molecule has 1 N–H and O–H groups in total. The standard InChI is InChI=1S/C19H21NO4S/c1-3-24-19(22)16-13-9-5-7-11-15(13)25-18(16)20-17(21)12-8-4-6-10-14(12)23-2/h4,6,8,10H,3,5,7,9,11H2,1-2H3,(H,20,21). The maximum Gasteiger partial charge on any atom is 0.341 e. The van der Waals surface area contributed by atoms with E-state index in [9.17, 15) is 9.59 Å². The van der Waals surface area contributed by atoms with Crippen molar-refractivity contribution in [2.75, 3.05) is 19.0 Å². The highest BCUT2D eigenvalue weighted by atomic mass is 32.1. The molecule has 6 heteroatoms. The van der Waals surface area contributed by atoms with E-state index in [4.69, 9.17) is 9.47 Å². The summed E-state index contributed by atoms with van der Waals surface area (Å²) in [7, 11) is 1.53. The lowest BCUT2D eigenvalue weighted by atomic mass is 9.95. The van der Waals surface area contributed by atoms with Crippen LogP contribution < -0.4 is 10.1 Å². The van der Waals surface area contributed by atoms with Crippen LogP contribution in [0.5, 0.6) is 5.75 Å². The Morgan fingerprint density at radius 1 is 1.20 bits per heavy atom. The molecular formula is C19H21NO4S. The topological polar surface area (TPSA) is 64.6 Å². The predicted molar refractivity (Wildman–Crippen MR) is 97.9 cm³/mol. The molecule has 1 aromatic heterocycles. The van der Waals surface area contributed by atoms with Crippen molar-refractivity contribution in [2.45, 2.75) is 32.6 Å². The first kappa shape index (κ1) is 17.5. The molecule has 0 saturated carbocycles. The Labute approximate surface area is 151 Å². The molecule has 1 aliphatic rings. The summed E-state index contributed by atoms with van der Waals surface area (Å²) < 4.78 is 10.5. The molecule has 2 aromatic rings. The molecule has 0 aliphatic heterocycles. The molecule has 1 amide bonds. The highest BCUT2D eigenvalue weighted by Gasteiger charge is 2.27. The second-order valence-corrected chi connectivity index (χ2v) is 6.90. The first-order valence-electron chi connectivity index (χ1n) is 8.41. The fourth-order valence-electron chi connectivity index (χ4n) is 3.08. The number of carbonyl (C=O) groups is 2. The molecule has 0 atom stereocenters. The minimum Gasteiger partial charge on any atom is -0.496 e. The lowest BCUT2D eigenvalue weighted by Gasteiger charge is -2.12. The van der Waals surface area contributed by atoms with Crippen LogP contribution in [0, 0.1) is 0 Å². The van der Waals surface area contributed by atoms with Gasteiger partial charge in [0.05, 0.1) is 24.8 Å². The highest BCUT2D eigenvalue weighted by Crippen LogP contribution is 2.39. The third kappa shape index (κ3) is 3.54. The van der Waals surface area contributed by atoms with Crippen LogP contribution in [0.4, 0.5) is 5.00 Å². The van der Waals surface area contributed by atoms with Crippen molar-refractivity contribution in [2.24, 2.45) is 0 Å². The zero-order chi connectivity index (χ0) is 17.8. The van der Waals surface area contributed by atoms with Crippen LogP contribution >= 0.6 is 11.3 Å². The first-order valence-corrected chi connectivity index (χ1v) is 9.23. The van der Waals surface area contributed by atoms with Crippen molar-refractivity contribution in [1.82, 2.24) is 0 Å². The average molecular weight is 359 g/mol. The van der Waals surface area contributed by atoms with Gasteiger partial charge in [-0.05, 0) is 50.3 Å². The second-order valence-electron chi connectivity index (χ2n) is 5.79. The summed E-state index contributed by atoms with van der Waals surface area (Å²) in [6.45, 7) is 2.09. The number of nitrogens with one attached hydrogen (secondary N) is 1. The van der Waals surface area contributed by atoms with Crippen molar-refractivity contribution < 1.29 is 19.1 Å². The number of hydrogen-bond donors (Lipinski definition) is 1. The van der Waals surface area contributed by atoms with E-state index in [1.807, 2.05) is 6.07 Å². The fourth-order valence-corrected chi connectivity index (χ4v) is 4.35. The van der Waals surface area contributed by atoms with Crippen LogP contribution in [0.1, 0.15) is 50.9 Å². The number of methoxy groups -OCH3 is 1. The van der Waals surface area contributed by atoms with Gasteiger partial charge in [0.15, 0.2) is 0 Å². The van der Waals surface area contributed by atoms with Gasteiger partial charge in [0.25, 0.3) is 5.91 Å². The monoisotopic (exact) mass is 359 g/mol. The number of aryl methyl sites for hydroxylation is 1. The predicted octanol–water partition coefficient (Wildman–Crippen LogP) is 4.06. The number of ether oxygens (including phenoxy) is 2. The van der Waals surface area contributed by atoms with Gasteiger partial charge in [0.1, 0.15) is 10.8 Å². The fraction of sp³-hybridized carbons (Fsp3) is 0.368. The van der Waals surface area contributed by atoms with Crippen molar-refractivity contribution in [3.05, 3.63) is 45.8 Å². The highest BCUT2D eigenvalue weighted by molar-refractivity contribution is 7.17. The lowest BCUT2D eigenvalue weighted by Crippen LogP contribution is -2.16. The minimum absolute atomic E-state index is 0.290. The number of thiophene rings is 1. The van der Waals surface area contributed by atoms with E-state index in [1.165, 1.54) is 23.3 Å². The molecule has 0 bridgehead atoms. The third-order valence-corrected chi connectivity index (χ3v) is 5.44. The Kier molecular flexibility index (Phi) is 5.38. The zero-order valence-corrected chi connectivity index (χ0v) is 15.2.